The van der Waals surface area contributed by atoms with Crippen LogP contribution in [-0.4, -0.2) is 10.9 Å². The fourth-order valence-electron chi connectivity index (χ4n) is 5.26. The van der Waals surface area contributed by atoms with E-state index in [1.807, 2.05) is 0 Å². The van der Waals surface area contributed by atoms with Crippen LogP contribution in [0.25, 0.3) is 11.1 Å². The summed E-state index contributed by atoms with van der Waals surface area (Å²) in [5, 5.41) is 0. The summed E-state index contributed by atoms with van der Waals surface area (Å²) in [4.78, 5) is 16.0. The maximum atomic E-state index is 11.3. The molecule has 4 rings (SSSR count). The number of nitrogens with zero attached hydrogens (tertiary/aromatic N) is 1. The number of rotatable bonds is 3. The second-order valence-electron chi connectivity index (χ2n) is 8.42. The second-order valence-corrected chi connectivity index (χ2v) is 8.42. The average Bonchev–Trinajstić information content (AvgIpc) is 2.96. The van der Waals surface area contributed by atoms with Crippen LogP contribution >= 0.6 is 0 Å². The summed E-state index contributed by atoms with van der Waals surface area (Å²) in [5.41, 5.74) is 14.1. The quantitative estimate of drug-likeness (QED) is 0.816. The minimum atomic E-state index is -0.401. The number of carbonyl (C=O) groups excluding carboxylic acids is 1. The molecule has 0 bridgehead atoms. The molecular formula is C22H28N2O2. The highest BCUT2D eigenvalue weighted by molar-refractivity contribution is 5.85. The number of allylic oxidation sites excluding steroid dienone is 2. The normalized spacial score (nSPS) is 24.4. The Labute approximate surface area is 154 Å². The van der Waals surface area contributed by atoms with Crippen LogP contribution in [0.1, 0.15) is 80.0 Å². The Morgan fingerprint density at radius 3 is 2.81 bits per heavy atom. The van der Waals surface area contributed by atoms with E-state index in [1.165, 1.54) is 47.1 Å². The molecule has 2 aromatic rings. The van der Waals surface area contributed by atoms with Crippen molar-refractivity contribution in [2.24, 2.45) is 11.7 Å². The molecule has 0 radical (unpaired) electrons. The zero-order valence-electron chi connectivity index (χ0n) is 16.2. The summed E-state index contributed by atoms with van der Waals surface area (Å²) in [7, 11) is 0. The molecule has 2 N–H and O–H groups in total. The Morgan fingerprint density at radius 2 is 2.12 bits per heavy atom. The van der Waals surface area contributed by atoms with Gasteiger partial charge >= 0.3 is 0 Å². The maximum absolute atomic E-state index is 11.3. The lowest BCUT2D eigenvalue weighted by molar-refractivity contribution is -0.117. The number of fused-ring (bicyclic) bond motifs is 2. The van der Waals surface area contributed by atoms with Crippen molar-refractivity contribution >= 4 is 17.0 Å². The van der Waals surface area contributed by atoms with Gasteiger partial charge in [0.1, 0.15) is 11.9 Å². The number of amides is 1. The van der Waals surface area contributed by atoms with Crippen LogP contribution in [0.15, 0.2) is 16.1 Å². The number of hydrogen-bond acceptors (Lipinski definition) is 3. The zero-order valence-corrected chi connectivity index (χ0v) is 16.2. The molecule has 1 amide bonds. The Kier molecular flexibility index (Phi) is 4.17. The predicted octanol–water partition coefficient (Wildman–Crippen LogP) is 4.67. The van der Waals surface area contributed by atoms with Gasteiger partial charge in [0.2, 0.25) is 11.8 Å². The van der Waals surface area contributed by atoms with Crippen molar-refractivity contribution in [2.75, 3.05) is 0 Å². The lowest BCUT2D eigenvalue weighted by Gasteiger charge is -2.40. The molecule has 0 fully saturated rings. The Balaban J connectivity index is 2.01. The van der Waals surface area contributed by atoms with E-state index in [0.717, 1.165) is 17.5 Å². The van der Waals surface area contributed by atoms with Gasteiger partial charge in [-0.3, -0.25) is 4.79 Å². The van der Waals surface area contributed by atoms with Crippen molar-refractivity contribution < 1.29 is 9.21 Å². The zero-order chi connectivity index (χ0) is 18.6. The summed E-state index contributed by atoms with van der Waals surface area (Å²) in [6.45, 7) is 8.92. The molecule has 0 saturated heterocycles. The number of primary amides is 1. The SMILES string of the molecule is CC(C)=C[C@@H]1C[C@H](C)[C@H]2CCCc3c2c1c(C)c1nc(CC(N)=O)oc31. The molecule has 0 aliphatic heterocycles. The third-order valence-corrected chi connectivity index (χ3v) is 6.18. The highest BCUT2D eigenvalue weighted by atomic mass is 16.3. The van der Waals surface area contributed by atoms with Gasteiger partial charge in [0, 0.05) is 11.5 Å². The van der Waals surface area contributed by atoms with E-state index in [4.69, 9.17) is 10.2 Å². The van der Waals surface area contributed by atoms with Crippen molar-refractivity contribution in [1.82, 2.24) is 4.98 Å². The molecule has 1 aromatic heterocycles. The van der Waals surface area contributed by atoms with E-state index < -0.39 is 5.91 Å². The fourth-order valence-corrected chi connectivity index (χ4v) is 5.26. The minimum Gasteiger partial charge on any atom is -0.440 e. The molecule has 0 saturated carbocycles. The topological polar surface area (TPSA) is 69.1 Å². The summed E-state index contributed by atoms with van der Waals surface area (Å²) in [6.07, 6.45) is 7.17. The largest absolute Gasteiger partial charge is 0.440 e. The minimum absolute atomic E-state index is 0.0649. The molecule has 1 aromatic carbocycles. The summed E-state index contributed by atoms with van der Waals surface area (Å²) in [6, 6.07) is 0. The van der Waals surface area contributed by atoms with E-state index in [1.54, 1.807) is 0 Å². The highest BCUT2D eigenvalue weighted by Crippen LogP contribution is 2.52. The van der Waals surface area contributed by atoms with Gasteiger partial charge in [0.05, 0.1) is 0 Å². The Bertz CT molecular complexity index is 918. The van der Waals surface area contributed by atoms with Crippen molar-refractivity contribution in [3.8, 4) is 0 Å². The van der Waals surface area contributed by atoms with Gasteiger partial charge in [0.25, 0.3) is 0 Å². The number of oxazole rings is 1. The maximum Gasteiger partial charge on any atom is 0.226 e. The molecule has 4 nitrogen and oxygen atoms in total. The van der Waals surface area contributed by atoms with Gasteiger partial charge in [-0.2, -0.15) is 0 Å². The van der Waals surface area contributed by atoms with Gasteiger partial charge in [0.15, 0.2) is 5.58 Å². The van der Waals surface area contributed by atoms with Gasteiger partial charge in [-0.15, -0.1) is 0 Å². The molecule has 2 aliphatic carbocycles. The number of carbonyl (C=O) groups is 1. The molecule has 26 heavy (non-hydrogen) atoms. The van der Waals surface area contributed by atoms with E-state index in [2.05, 4.69) is 38.8 Å². The van der Waals surface area contributed by atoms with Crippen molar-refractivity contribution in [1.29, 1.82) is 0 Å². The number of benzene rings is 1. The fraction of sp³-hybridized carbons (Fsp3) is 0.545. The summed E-state index contributed by atoms with van der Waals surface area (Å²) < 4.78 is 6.05. The van der Waals surface area contributed by atoms with Crippen LogP contribution in [0.3, 0.4) is 0 Å². The number of hydrogen-bond donors (Lipinski definition) is 1. The van der Waals surface area contributed by atoms with Crippen LogP contribution in [0.2, 0.25) is 0 Å². The highest BCUT2D eigenvalue weighted by Gasteiger charge is 2.38. The average molecular weight is 352 g/mol. The van der Waals surface area contributed by atoms with Crippen LogP contribution in [-0.2, 0) is 17.6 Å². The number of aryl methyl sites for hydroxylation is 2. The van der Waals surface area contributed by atoms with Crippen LogP contribution in [0, 0.1) is 12.8 Å². The lowest BCUT2D eigenvalue weighted by Crippen LogP contribution is -2.27. The molecular weight excluding hydrogens is 324 g/mol. The van der Waals surface area contributed by atoms with E-state index in [9.17, 15) is 4.79 Å². The third kappa shape index (κ3) is 2.67. The van der Waals surface area contributed by atoms with E-state index in [-0.39, 0.29) is 6.42 Å². The lowest BCUT2D eigenvalue weighted by atomic mass is 9.64. The van der Waals surface area contributed by atoms with Crippen molar-refractivity contribution in [3.05, 3.63) is 39.8 Å². The summed E-state index contributed by atoms with van der Waals surface area (Å²) in [5.74, 6) is 1.78. The van der Waals surface area contributed by atoms with E-state index in [0.29, 0.717) is 23.6 Å². The Morgan fingerprint density at radius 1 is 1.35 bits per heavy atom. The van der Waals surface area contributed by atoms with Crippen molar-refractivity contribution in [2.45, 2.75) is 71.6 Å². The van der Waals surface area contributed by atoms with Crippen LogP contribution < -0.4 is 5.73 Å². The first kappa shape index (κ1) is 17.3. The second kappa shape index (κ2) is 6.26. The smallest absolute Gasteiger partial charge is 0.226 e. The molecule has 4 heteroatoms. The monoisotopic (exact) mass is 352 g/mol. The first-order valence-corrected chi connectivity index (χ1v) is 9.74. The first-order chi connectivity index (χ1) is 12.4. The molecule has 1 heterocycles. The predicted molar refractivity (Wildman–Crippen MR) is 103 cm³/mol. The number of aromatic nitrogens is 1. The van der Waals surface area contributed by atoms with Crippen molar-refractivity contribution in [3.63, 3.8) is 0 Å². The molecule has 3 atom stereocenters. The molecule has 2 aliphatic rings. The van der Waals surface area contributed by atoms with Gasteiger partial charge in [-0.1, -0.05) is 18.6 Å². The van der Waals surface area contributed by atoms with E-state index >= 15 is 0 Å². The number of nitrogens with two attached hydrogens (primary N) is 1. The third-order valence-electron chi connectivity index (χ3n) is 6.18. The van der Waals surface area contributed by atoms with Gasteiger partial charge < -0.3 is 10.2 Å². The molecule has 0 spiro atoms. The molecule has 0 unspecified atom stereocenters. The van der Waals surface area contributed by atoms with Gasteiger partial charge in [-0.05, 0) is 75.0 Å². The first-order valence-electron chi connectivity index (χ1n) is 9.74. The van der Waals surface area contributed by atoms with Crippen LogP contribution in [0.4, 0.5) is 0 Å². The standard InChI is InChI=1S/C22H28N2O2/c1-11(2)8-14-9-12(3)15-6-5-7-16-20(15)19(14)13(4)21-22(16)26-18(24-21)10-17(23)25/h8,12,14-15H,5-7,9-10H2,1-4H3,(H2,23,25)/t12-,14+,15+/m0/s1. The Hall–Kier alpha value is -2.10. The summed E-state index contributed by atoms with van der Waals surface area (Å²) >= 11 is 0. The van der Waals surface area contributed by atoms with Gasteiger partial charge in [-0.25, -0.2) is 4.98 Å². The van der Waals surface area contributed by atoms with Crippen LogP contribution in [0.5, 0.6) is 0 Å². The molecule has 138 valence electrons.